The molecule has 4 bridgehead atoms. The SMILES string of the molecule is C1N2CN3CN1CN(C2)C3.CC(C)N1CN(C(C)C)CC(CO)([N+](=O)[O-])C1.CC=N.CCNCC.CN(C)C(CO)(CO)CO.N=CC1CCCCC1. The van der Waals surface area contributed by atoms with E-state index in [0.29, 0.717) is 19.0 Å². The predicted octanol–water partition coefficient (Wildman–Crippen LogP) is 1.12. The zero-order valence-corrected chi connectivity index (χ0v) is 34.7. The van der Waals surface area contributed by atoms with E-state index in [2.05, 4.69) is 38.8 Å². The van der Waals surface area contributed by atoms with E-state index in [1.165, 1.54) is 78.3 Å². The second-order valence-corrected chi connectivity index (χ2v) is 15.4. The molecule has 17 nitrogen and oxygen atoms in total. The lowest BCUT2D eigenvalue weighted by molar-refractivity contribution is -0.579. The third kappa shape index (κ3) is 18.2. The van der Waals surface area contributed by atoms with E-state index in [9.17, 15) is 15.2 Å². The van der Waals surface area contributed by atoms with Gasteiger partial charge in [0.2, 0.25) is 0 Å². The lowest BCUT2D eigenvalue weighted by Crippen LogP contribution is -2.71. The van der Waals surface area contributed by atoms with Crippen LogP contribution in [0.1, 0.15) is 80.6 Å². The number of hydrogen-bond acceptors (Lipinski definition) is 16. The Kier molecular flexibility index (Phi) is 26.9. The maximum absolute atomic E-state index is 11.2. The molecular formula is C36H79N11O6. The molecule has 1 aliphatic carbocycles. The van der Waals surface area contributed by atoms with Crippen LogP contribution in [0.3, 0.4) is 0 Å². The number of hydrogen-bond donors (Lipinski definition) is 7. The van der Waals surface area contributed by atoms with E-state index in [-0.39, 0.29) is 36.8 Å². The zero-order chi connectivity index (χ0) is 40.6. The maximum Gasteiger partial charge on any atom is 0.269 e. The number of rotatable bonds is 11. The van der Waals surface area contributed by atoms with Crippen LogP contribution in [0.5, 0.6) is 0 Å². The first-order chi connectivity index (χ1) is 25.1. The Bertz CT molecular complexity index is 885. The molecule has 53 heavy (non-hydrogen) atoms. The van der Waals surface area contributed by atoms with Gasteiger partial charge in [0.25, 0.3) is 5.54 Å². The van der Waals surface area contributed by atoms with Gasteiger partial charge in [0, 0.05) is 17.0 Å². The van der Waals surface area contributed by atoms with Crippen molar-refractivity contribution in [1.82, 2.24) is 39.6 Å². The van der Waals surface area contributed by atoms with Crippen molar-refractivity contribution in [2.75, 3.05) is 113 Å². The van der Waals surface area contributed by atoms with E-state index in [4.69, 9.17) is 26.1 Å². The minimum absolute atomic E-state index is 0.238. The molecule has 0 unspecified atom stereocenters. The van der Waals surface area contributed by atoms with Crippen LogP contribution in [0.15, 0.2) is 0 Å². The average Bonchev–Trinajstić information content (AvgIpc) is 3.13. The highest BCUT2D eigenvalue weighted by molar-refractivity contribution is 5.56. The predicted molar refractivity (Wildman–Crippen MR) is 214 cm³/mol. The third-order valence-corrected chi connectivity index (χ3v) is 10.1. The van der Waals surface area contributed by atoms with Gasteiger partial charge in [0.05, 0.1) is 85.1 Å². The molecule has 5 saturated heterocycles. The second-order valence-electron chi connectivity index (χ2n) is 15.4. The topological polar surface area (TPSA) is 206 Å². The molecule has 5 aliphatic heterocycles. The molecule has 314 valence electrons. The van der Waals surface area contributed by atoms with Crippen LogP contribution in [0.4, 0.5) is 0 Å². The van der Waals surface area contributed by atoms with Gasteiger partial charge in [0.1, 0.15) is 6.61 Å². The molecule has 6 fully saturated rings. The molecule has 5 heterocycles. The van der Waals surface area contributed by atoms with Gasteiger partial charge < -0.3 is 36.6 Å². The van der Waals surface area contributed by atoms with E-state index < -0.39 is 17.7 Å². The molecule has 17 heteroatoms. The number of nitrogens with zero attached hydrogens (tertiary/aromatic N) is 8. The number of aliphatic hydroxyl groups is 4. The summed E-state index contributed by atoms with van der Waals surface area (Å²) in [4.78, 5) is 26.5. The number of aliphatic hydroxyl groups excluding tert-OH is 4. The summed E-state index contributed by atoms with van der Waals surface area (Å²) in [5.74, 6) is 0.628. The van der Waals surface area contributed by atoms with Gasteiger partial charge in [-0.15, -0.1) is 0 Å². The highest BCUT2D eigenvalue weighted by Crippen LogP contribution is 2.24. The highest BCUT2D eigenvalue weighted by Gasteiger charge is 2.49. The summed E-state index contributed by atoms with van der Waals surface area (Å²) in [5.41, 5.74) is -2.12. The normalized spacial score (nSPS) is 24.9. The minimum Gasteiger partial charge on any atom is -0.394 e. The molecule has 0 aromatic carbocycles. The van der Waals surface area contributed by atoms with Crippen LogP contribution in [0, 0.1) is 26.9 Å². The van der Waals surface area contributed by atoms with Crippen molar-refractivity contribution in [3.63, 3.8) is 0 Å². The fourth-order valence-electron chi connectivity index (χ4n) is 6.46. The standard InChI is InChI=1S/C11H23N3O3.C7H13N.C6H12N4.C6H15NO3.C4H11N.C2H5N/c1-9(2)12-5-11(7-15,14(16)17)6-13(8-12)10(3)4;8-6-7-4-2-1-3-5-7;1-7-2-9-4-8(1)5-10(3-7)6-9;1-7(2)6(3-8,4-9)5-10;1-3-5-4-2;1-2-3/h9-10,15H,5-8H2,1-4H3;6-8H,1-5H2;1-6H2;8-10H,3-5H2,1-2H3;5H,3-4H2,1-2H3;2-3H,1H3. The summed E-state index contributed by atoms with van der Waals surface area (Å²) in [5, 5.41) is 63.2. The van der Waals surface area contributed by atoms with Crippen LogP contribution in [0.2, 0.25) is 0 Å². The quantitative estimate of drug-likeness (QED) is 0.0896. The number of nitrogens with one attached hydrogen (secondary N) is 3. The van der Waals surface area contributed by atoms with Gasteiger partial charge in [-0.2, -0.15) is 0 Å². The van der Waals surface area contributed by atoms with Crippen molar-refractivity contribution in [2.24, 2.45) is 5.92 Å². The van der Waals surface area contributed by atoms with Gasteiger partial charge >= 0.3 is 0 Å². The van der Waals surface area contributed by atoms with E-state index in [1.54, 1.807) is 32.1 Å². The molecule has 0 amide bonds. The van der Waals surface area contributed by atoms with Crippen molar-refractivity contribution in [3.05, 3.63) is 10.1 Å². The number of likely N-dealkylation sites (N-methyl/N-ethyl adjacent to an activating group) is 1. The van der Waals surface area contributed by atoms with Crippen LogP contribution in [-0.4, -0.2) is 209 Å². The Labute approximate surface area is 321 Å². The van der Waals surface area contributed by atoms with Crippen molar-refractivity contribution in [1.29, 1.82) is 10.8 Å². The summed E-state index contributed by atoms with van der Waals surface area (Å²) in [6.45, 7) is 23.5. The second kappa shape index (κ2) is 27.8. The molecule has 6 aliphatic rings. The van der Waals surface area contributed by atoms with Gasteiger partial charge in [-0.05, 0) is 93.0 Å². The Morgan fingerprint density at radius 2 is 1.15 bits per heavy atom. The van der Waals surface area contributed by atoms with E-state index in [1.807, 2.05) is 37.5 Å². The summed E-state index contributed by atoms with van der Waals surface area (Å²) < 4.78 is 0. The molecular weight excluding hydrogens is 682 g/mol. The molecule has 6 rings (SSSR count). The zero-order valence-electron chi connectivity index (χ0n) is 34.7. The van der Waals surface area contributed by atoms with Crippen molar-refractivity contribution in [2.45, 2.75) is 104 Å². The van der Waals surface area contributed by atoms with Gasteiger partial charge in [-0.25, -0.2) is 0 Å². The van der Waals surface area contributed by atoms with Crippen LogP contribution < -0.4 is 5.32 Å². The monoisotopic (exact) mass is 762 g/mol. The summed E-state index contributed by atoms with van der Waals surface area (Å²) in [7, 11) is 3.39. The maximum atomic E-state index is 11.2. The molecule has 0 spiro atoms. The first-order valence-electron chi connectivity index (χ1n) is 19.4. The van der Waals surface area contributed by atoms with Crippen molar-refractivity contribution in [3.8, 4) is 0 Å². The Hall–Kier alpha value is -1.74. The first-order valence-corrected chi connectivity index (χ1v) is 19.4. The fraction of sp³-hybridized carbons (Fsp3) is 0.944. The van der Waals surface area contributed by atoms with Crippen LogP contribution in [-0.2, 0) is 0 Å². The van der Waals surface area contributed by atoms with E-state index >= 15 is 0 Å². The molecule has 0 atom stereocenters. The number of nitro groups is 1. The highest BCUT2D eigenvalue weighted by atomic mass is 16.6. The van der Waals surface area contributed by atoms with Crippen molar-refractivity contribution >= 4 is 12.4 Å². The minimum atomic E-state index is -1.24. The Balaban J connectivity index is 0.000000656. The fourth-order valence-corrected chi connectivity index (χ4v) is 6.46. The van der Waals surface area contributed by atoms with Gasteiger partial charge in [-0.3, -0.25) is 44.4 Å². The largest absolute Gasteiger partial charge is 0.394 e. The molecule has 0 aromatic rings. The Morgan fingerprint density at radius 3 is 1.32 bits per heavy atom. The molecule has 7 N–H and O–H groups in total. The van der Waals surface area contributed by atoms with Crippen LogP contribution in [0.25, 0.3) is 0 Å². The van der Waals surface area contributed by atoms with Gasteiger partial charge in [0.15, 0.2) is 0 Å². The van der Waals surface area contributed by atoms with Crippen LogP contribution >= 0.6 is 0 Å². The average molecular weight is 762 g/mol. The first kappa shape index (κ1) is 51.3. The Morgan fingerprint density at radius 1 is 0.792 bits per heavy atom. The van der Waals surface area contributed by atoms with Crippen molar-refractivity contribution < 1.29 is 25.3 Å². The lowest BCUT2D eigenvalue weighted by atomic mass is 9.90. The molecule has 1 saturated carbocycles. The molecule has 0 radical (unpaired) electrons. The summed E-state index contributed by atoms with van der Waals surface area (Å²) >= 11 is 0. The summed E-state index contributed by atoms with van der Waals surface area (Å²) in [6.07, 6.45) is 9.48. The van der Waals surface area contributed by atoms with Gasteiger partial charge in [-0.1, -0.05) is 33.1 Å². The third-order valence-electron chi connectivity index (χ3n) is 10.1. The summed E-state index contributed by atoms with van der Waals surface area (Å²) in [6, 6.07) is 0.477. The van der Waals surface area contributed by atoms with E-state index in [0.717, 1.165) is 19.8 Å². The lowest BCUT2D eigenvalue weighted by Gasteiger charge is -2.56. The smallest absolute Gasteiger partial charge is 0.269 e. The molecule has 0 aromatic heterocycles.